The van der Waals surface area contributed by atoms with Gasteiger partial charge >= 0.3 is 7.12 Å². The molecule has 3 rings (SSSR count). The molecule has 2 aromatic rings. The molecule has 1 aromatic heterocycles. The fraction of sp³-hybridized carbons (Fsp3) is 0.400. The molecule has 2 atom stereocenters. The van der Waals surface area contributed by atoms with Gasteiger partial charge in [-0.3, -0.25) is 14.6 Å². The van der Waals surface area contributed by atoms with E-state index in [0.717, 1.165) is 10.8 Å². The lowest BCUT2D eigenvalue weighted by molar-refractivity contribution is -0.131. The molecule has 0 saturated carbocycles. The van der Waals surface area contributed by atoms with Crippen LogP contribution >= 0.6 is 0 Å². The highest BCUT2D eigenvalue weighted by molar-refractivity contribution is 6.43. The van der Waals surface area contributed by atoms with Gasteiger partial charge in [0, 0.05) is 18.0 Å². The SMILES string of the molecule is CC(C)CC(NC(=O)C1CC(CNC(=O)c2nccc3ccccc23)=NO1)B(O)O. The first-order valence-electron chi connectivity index (χ1n) is 9.85. The van der Waals surface area contributed by atoms with Crippen LogP contribution in [-0.4, -0.2) is 58.3 Å². The van der Waals surface area contributed by atoms with Crippen LogP contribution in [0.4, 0.5) is 0 Å². The van der Waals surface area contributed by atoms with E-state index in [-0.39, 0.29) is 24.8 Å². The van der Waals surface area contributed by atoms with Crippen molar-refractivity contribution in [2.75, 3.05) is 6.54 Å². The van der Waals surface area contributed by atoms with Gasteiger partial charge in [0.2, 0.25) is 6.10 Å². The molecular weight excluding hydrogens is 387 g/mol. The van der Waals surface area contributed by atoms with E-state index >= 15 is 0 Å². The number of nitrogens with zero attached hydrogens (tertiary/aromatic N) is 2. The summed E-state index contributed by atoms with van der Waals surface area (Å²) in [5, 5.41) is 29.8. The first kappa shape index (κ1) is 21.7. The lowest BCUT2D eigenvalue weighted by atomic mass is 9.75. The molecule has 158 valence electrons. The van der Waals surface area contributed by atoms with Crippen molar-refractivity contribution in [2.24, 2.45) is 11.1 Å². The lowest BCUT2D eigenvalue weighted by Gasteiger charge is -2.20. The third-order valence-electron chi connectivity index (χ3n) is 4.78. The van der Waals surface area contributed by atoms with Gasteiger partial charge in [0.25, 0.3) is 11.8 Å². The zero-order valence-corrected chi connectivity index (χ0v) is 16.9. The minimum Gasteiger partial charge on any atom is -0.426 e. The summed E-state index contributed by atoms with van der Waals surface area (Å²) in [6, 6.07) is 9.30. The minimum absolute atomic E-state index is 0.117. The third-order valence-corrected chi connectivity index (χ3v) is 4.78. The molecule has 9 nitrogen and oxygen atoms in total. The molecule has 2 amide bonds. The first-order chi connectivity index (χ1) is 14.3. The predicted molar refractivity (Wildman–Crippen MR) is 113 cm³/mol. The van der Waals surface area contributed by atoms with Crippen molar-refractivity contribution in [2.45, 2.75) is 38.7 Å². The zero-order valence-electron chi connectivity index (χ0n) is 16.9. The Balaban J connectivity index is 1.53. The Hall–Kier alpha value is -2.98. The monoisotopic (exact) mass is 412 g/mol. The predicted octanol–water partition coefficient (Wildman–Crippen LogP) is 0.652. The number of rotatable bonds is 8. The topological polar surface area (TPSA) is 133 Å². The second-order valence-electron chi connectivity index (χ2n) is 7.68. The van der Waals surface area contributed by atoms with Crippen LogP contribution in [0.3, 0.4) is 0 Å². The summed E-state index contributed by atoms with van der Waals surface area (Å²) in [4.78, 5) is 34.3. The number of hydrogen-bond acceptors (Lipinski definition) is 7. The van der Waals surface area contributed by atoms with Gasteiger partial charge in [-0.25, -0.2) is 0 Å². The number of carbonyl (C=O) groups excluding carboxylic acids is 2. The summed E-state index contributed by atoms with van der Waals surface area (Å²) in [5.41, 5.74) is 0.823. The highest BCUT2D eigenvalue weighted by Crippen LogP contribution is 2.16. The van der Waals surface area contributed by atoms with E-state index < -0.39 is 25.1 Å². The largest absolute Gasteiger partial charge is 0.475 e. The van der Waals surface area contributed by atoms with Gasteiger partial charge in [0.05, 0.1) is 18.2 Å². The first-order valence-corrected chi connectivity index (χ1v) is 9.85. The molecule has 10 heteroatoms. The maximum atomic E-state index is 12.5. The normalized spacial score (nSPS) is 16.7. The molecule has 0 fully saturated rings. The van der Waals surface area contributed by atoms with E-state index in [1.54, 1.807) is 6.20 Å². The lowest BCUT2D eigenvalue weighted by Crippen LogP contribution is -2.50. The molecule has 0 aliphatic carbocycles. The summed E-state index contributed by atoms with van der Waals surface area (Å²) in [5.74, 6) is -1.44. The molecule has 1 aromatic carbocycles. The Morgan fingerprint density at radius 2 is 2.03 bits per heavy atom. The molecule has 0 radical (unpaired) electrons. The fourth-order valence-electron chi connectivity index (χ4n) is 3.28. The number of nitrogens with one attached hydrogen (secondary N) is 2. The van der Waals surface area contributed by atoms with E-state index in [1.165, 1.54) is 0 Å². The van der Waals surface area contributed by atoms with Crippen molar-refractivity contribution >= 4 is 35.4 Å². The van der Waals surface area contributed by atoms with Crippen LogP contribution in [0.5, 0.6) is 0 Å². The average Bonchev–Trinajstić information content (AvgIpc) is 3.20. The van der Waals surface area contributed by atoms with E-state index in [2.05, 4.69) is 20.8 Å². The maximum Gasteiger partial charge on any atom is 0.475 e. The number of hydrogen-bond donors (Lipinski definition) is 4. The number of aromatic nitrogens is 1. The molecular formula is C20H25BN4O5. The quantitative estimate of drug-likeness (QED) is 0.471. The number of amides is 2. The Labute approximate surface area is 174 Å². The van der Waals surface area contributed by atoms with Crippen molar-refractivity contribution in [1.29, 1.82) is 0 Å². The average molecular weight is 412 g/mol. The molecule has 0 spiro atoms. The maximum absolute atomic E-state index is 12.5. The summed E-state index contributed by atoms with van der Waals surface area (Å²) >= 11 is 0. The third kappa shape index (κ3) is 5.34. The second-order valence-corrected chi connectivity index (χ2v) is 7.68. The Morgan fingerprint density at radius 3 is 2.77 bits per heavy atom. The zero-order chi connectivity index (χ0) is 21.7. The van der Waals surface area contributed by atoms with Crippen LogP contribution in [0.25, 0.3) is 10.8 Å². The molecule has 0 bridgehead atoms. The van der Waals surface area contributed by atoms with Crippen LogP contribution in [0.2, 0.25) is 0 Å². The minimum atomic E-state index is -1.66. The standard InChI is InChI=1S/C20H25BN4O5/c1-12(2)9-17(21(28)29)24-19(26)16-10-14(25-30-16)11-23-20(27)18-15-6-4-3-5-13(15)7-8-22-18/h3-8,12,16-17,28-29H,9-11H2,1-2H3,(H,23,27)(H,24,26). The van der Waals surface area contributed by atoms with Gasteiger partial charge in [-0.15, -0.1) is 0 Å². The van der Waals surface area contributed by atoms with Gasteiger partial charge in [-0.1, -0.05) is 43.3 Å². The van der Waals surface area contributed by atoms with Crippen molar-refractivity contribution in [3.05, 3.63) is 42.2 Å². The van der Waals surface area contributed by atoms with E-state index in [1.807, 2.05) is 44.2 Å². The summed E-state index contributed by atoms with van der Waals surface area (Å²) in [6.07, 6.45) is 1.32. The molecule has 1 aliphatic rings. The van der Waals surface area contributed by atoms with Crippen LogP contribution in [0.1, 0.15) is 37.2 Å². The van der Waals surface area contributed by atoms with Crippen LogP contribution in [0.15, 0.2) is 41.7 Å². The molecule has 2 unspecified atom stereocenters. The van der Waals surface area contributed by atoms with Crippen LogP contribution in [0, 0.1) is 5.92 Å². The number of oxime groups is 1. The van der Waals surface area contributed by atoms with Crippen molar-refractivity contribution in [3.63, 3.8) is 0 Å². The highest BCUT2D eigenvalue weighted by atomic mass is 16.6. The van der Waals surface area contributed by atoms with Gasteiger partial charge < -0.3 is 25.5 Å². The fourth-order valence-corrected chi connectivity index (χ4v) is 3.28. The van der Waals surface area contributed by atoms with Crippen LogP contribution < -0.4 is 10.6 Å². The van der Waals surface area contributed by atoms with Gasteiger partial charge in [0.1, 0.15) is 5.69 Å². The number of pyridine rings is 1. The number of fused-ring (bicyclic) bond motifs is 1. The van der Waals surface area contributed by atoms with Crippen molar-refractivity contribution in [1.82, 2.24) is 15.6 Å². The van der Waals surface area contributed by atoms with Crippen LogP contribution in [-0.2, 0) is 9.63 Å². The Bertz CT molecular complexity index is 944. The molecule has 1 aliphatic heterocycles. The second kappa shape index (κ2) is 9.68. The van der Waals surface area contributed by atoms with E-state index in [9.17, 15) is 19.6 Å². The van der Waals surface area contributed by atoms with Crippen molar-refractivity contribution < 1.29 is 24.5 Å². The number of benzene rings is 1. The Kier molecular flexibility index (Phi) is 7.01. The van der Waals surface area contributed by atoms with Gasteiger partial charge in [0.15, 0.2) is 0 Å². The molecule has 0 saturated heterocycles. The molecule has 4 N–H and O–H groups in total. The summed E-state index contributed by atoms with van der Waals surface area (Å²) in [7, 11) is -1.66. The smallest absolute Gasteiger partial charge is 0.426 e. The van der Waals surface area contributed by atoms with E-state index in [4.69, 9.17) is 4.84 Å². The summed E-state index contributed by atoms with van der Waals surface area (Å²) < 4.78 is 0. The Morgan fingerprint density at radius 1 is 1.27 bits per heavy atom. The van der Waals surface area contributed by atoms with Gasteiger partial charge in [-0.05, 0) is 23.8 Å². The highest BCUT2D eigenvalue weighted by Gasteiger charge is 2.33. The summed E-state index contributed by atoms with van der Waals surface area (Å²) in [6.45, 7) is 3.95. The van der Waals surface area contributed by atoms with Crippen molar-refractivity contribution in [3.8, 4) is 0 Å². The number of carbonyl (C=O) groups is 2. The van der Waals surface area contributed by atoms with Gasteiger partial charge in [-0.2, -0.15) is 0 Å². The molecule has 30 heavy (non-hydrogen) atoms. The van der Waals surface area contributed by atoms with E-state index in [0.29, 0.717) is 17.8 Å². The molecule has 2 heterocycles.